The molecule has 0 saturated heterocycles. The van der Waals surface area contributed by atoms with Crippen molar-refractivity contribution in [1.29, 1.82) is 0 Å². The maximum atomic E-state index is 12.4. The van der Waals surface area contributed by atoms with E-state index in [9.17, 15) is 9.59 Å². The molecular weight excluding hydrogens is 356 g/mol. The van der Waals surface area contributed by atoms with Gasteiger partial charge in [-0.15, -0.1) is 0 Å². The van der Waals surface area contributed by atoms with Gasteiger partial charge in [-0.25, -0.2) is 0 Å². The molecule has 0 atom stereocenters. The normalized spacial score (nSPS) is 10.8. The summed E-state index contributed by atoms with van der Waals surface area (Å²) in [6, 6.07) is 16.0. The molecule has 6 nitrogen and oxygen atoms in total. The first-order valence-corrected chi connectivity index (χ1v) is 8.80. The molecule has 4 aromatic rings. The lowest BCUT2D eigenvalue weighted by molar-refractivity contribution is -0.115. The molecule has 0 saturated carbocycles. The molecular formula is C22H18N2O4. The molecule has 0 unspecified atom stereocenters. The third-order valence-corrected chi connectivity index (χ3v) is 4.33. The number of hydrogen-bond donors (Lipinski definition) is 2. The molecule has 0 radical (unpaired) electrons. The second-order valence-corrected chi connectivity index (χ2v) is 6.49. The second kappa shape index (κ2) is 7.44. The average Bonchev–Trinajstić information content (AvgIpc) is 3.34. The van der Waals surface area contributed by atoms with Crippen molar-refractivity contribution >= 4 is 34.2 Å². The van der Waals surface area contributed by atoms with Crippen molar-refractivity contribution in [2.24, 2.45) is 0 Å². The summed E-state index contributed by atoms with van der Waals surface area (Å²) in [4.78, 5) is 24.3. The lowest BCUT2D eigenvalue weighted by Crippen LogP contribution is -2.14. The van der Waals surface area contributed by atoms with Crippen molar-refractivity contribution in [3.8, 4) is 0 Å². The Morgan fingerprint density at radius 1 is 0.929 bits per heavy atom. The van der Waals surface area contributed by atoms with Crippen LogP contribution in [0.5, 0.6) is 0 Å². The van der Waals surface area contributed by atoms with Crippen LogP contribution in [0.1, 0.15) is 21.7 Å². The molecule has 2 N–H and O–H groups in total. The zero-order valence-electron chi connectivity index (χ0n) is 15.2. The SMILES string of the molecule is Cc1ccc2c(CC(=O)Nc3ccc(NC(=O)c4ccco4)cc3)coc2c1. The minimum absolute atomic E-state index is 0.143. The number of hydrogen-bond acceptors (Lipinski definition) is 4. The number of rotatable bonds is 5. The van der Waals surface area contributed by atoms with E-state index in [1.54, 1.807) is 42.7 Å². The van der Waals surface area contributed by atoms with Gasteiger partial charge >= 0.3 is 0 Å². The molecule has 0 fully saturated rings. The number of carbonyl (C=O) groups is 2. The highest BCUT2D eigenvalue weighted by atomic mass is 16.3. The number of amides is 2. The molecule has 2 aromatic carbocycles. The first-order valence-electron chi connectivity index (χ1n) is 8.80. The Balaban J connectivity index is 1.38. The minimum Gasteiger partial charge on any atom is -0.464 e. The van der Waals surface area contributed by atoms with Gasteiger partial charge < -0.3 is 19.5 Å². The van der Waals surface area contributed by atoms with Gasteiger partial charge in [-0.2, -0.15) is 0 Å². The van der Waals surface area contributed by atoms with Gasteiger partial charge in [0.25, 0.3) is 5.91 Å². The zero-order valence-corrected chi connectivity index (χ0v) is 15.2. The van der Waals surface area contributed by atoms with E-state index in [-0.39, 0.29) is 24.0 Å². The Morgan fingerprint density at radius 2 is 1.68 bits per heavy atom. The molecule has 2 aromatic heterocycles. The van der Waals surface area contributed by atoms with E-state index in [0.29, 0.717) is 11.4 Å². The van der Waals surface area contributed by atoms with E-state index >= 15 is 0 Å². The van der Waals surface area contributed by atoms with E-state index in [1.165, 1.54) is 6.26 Å². The third-order valence-electron chi connectivity index (χ3n) is 4.33. The van der Waals surface area contributed by atoms with E-state index in [0.717, 1.165) is 22.1 Å². The monoisotopic (exact) mass is 374 g/mol. The molecule has 0 bridgehead atoms. The molecule has 0 spiro atoms. The molecule has 2 heterocycles. The van der Waals surface area contributed by atoms with E-state index in [4.69, 9.17) is 8.83 Å². The molecule has 6 heteroatoms. The van der Waals surface area contributed by atoms with Gasteiger partial charge in [0.05, 0.1) is 18.9 Å². The van der Waals surface area contributed by atoms with Crippen LogP contribution >= 0.6 is 0 Å². The highest BCUT2D eigenvalue weighted by molar-refractivity contribution is 6.02. The standard InChI is InChI=1S/C22H18N2O4/c1-14-4-9-18-15(13-28-20(18)11-14)12-21(25)23-16-5-7-17(8-6-16)24-22(26)19-3-2-10-27-19/h2-11,13H,12H2,1H3,(H,23,25)(H,24,26). The molecule has 4 rings (SSSR count). The fraction of sp³-hybridized carbons (Fsp3) is 0.0909. The molecule has 0 aliphatic heterocycles. The number of aryl methyl sites for hydroxylation is 1. The topological polar surface area (TPSA) is 84.5 Å². The van der Waals surface area contributed by atoms with Crippen LogP contribution in [0.2, 0.25) is 0 Å². The summed E-state index contributed by atoms with van der Waals surface area (Å²) < 4.78 is 10.6. The summed E-state index contributed by atoms with van der Waals surface area (Å²) in [6.07, 6.45) is 3.28. The quantitative estimate of drug-likeness (QED) is 0.527. The van der Waals surface area contributed by atoms with E-state index < -0.39 is 0 Å². The first-order chi connectivity index (χ1) is 13.6. The van der Waals surface area contributed by atoms with Crippen LogP contribution in [0.15, 0.2) is 76.0 Å². The summed E-state index contributed by atoms with van der Waals surface area (Å²) >= 11 is 0. The van der Waals surface area contributed by atoms with Crippen LogP contribution in [0.25, 0.3) is 11.0 Å². The number of furan rings is 2. The van der Waals surface area contributed by atoms with Crippen molar-refractivity contribution in [2.75, 3.05) is 10.6 Å². The fourth-order valence-electron chi connectivity index (χ4n) is 2.94. The largest absolute Gasteiger partial charge is 0.464 e. The number of anilines is 2. The maximum Gasteiger partial charge on any atom is 0.291 e. The lowest BCUT2D eigenvalue weighted by Gasteiger charge is -2.07. The number of nitrogens with one attached hydrogen (secondary N) is 2. The van der Waals surface area contributed by atoms with Crippen LogP contribution in [-0.4, -0.2) is 11.8 Å². The van der Waals surface area contributed by atoms with Gasteiger partial charge in [0.1, 0.15) is 5.58 Å². The van der Waals surface area contributed by atoms with E-state index in [2.05, 4.69) is 10.6 Å². The summed E-state index contributed by atoms with van der Waals surface area (Å²) in [6.45, 7) is 2.00. The lowest BCUT2D eigenvalue weighted by atomic mass is 10.1. The van der Waals surface area contributed by atoms with Crippen LogP contribution in [0.4, 0.5) is 11.4 Å². The fourth-order valence-corrected chi connectivity index (χ4v) is 2.94. The predicted octanol–water partition coefficient (Wildman–Crippen LogP) is 4.77. The number of fused-ring (bicyclic) bond motifs is 1. The highest BCUT2D eigenvalue weighted by Crippen LogP contribution is 2.23. The molecule has 140 valence electrons. The Bertz CT molecular complexity index is 1130. The van der Waals surface area contributed by atoms with Crippen LogP contribution in [-0.2, 0) is 11.2 Å². The second-order valence-electron chi connectivity index (χ2n) is 6.49. The van der Waals surface area contributed by atoms with Crippen LogP contribution in [0, 0.1) is 6.92 Å². The first kappa shape index (κ1) is 17.6. The maximum absolute atomic E-state index is 12.4. The van der Waals surface area contributed by atoms with Crippen LogP contribution < -0.4 is 10.6 Å². The summed E-state index contributed by atoms with van der Waals surface area (Å²) in [5.74, 6) is -0.237. The molecule has 2 amide bonds. The average molecular weight is 374 g/mol. The van der Waals surface area contributed by atoms with Crippen molar-refractivity contribution in [2.45, 2.75) is 13.3 Å². The molecule has 0 aliphatic carbocycles. The minimum atomic E-state index is -0.330. The van der Waals surface area contributed by atoms with Gasteiger partial charge in [0.15, 0.2) is 5.76 Å². The van der Waals surface area contributed by atoms with Gasteiger partial charge in [-0.1, -0.05) is 12.1 Å². The van der Waals surface area contributed by atoms with Gasteiger partial charge in [0, 0.05) is 22.3 Å². The van der Waals surface area contributed by atoms with Gasteiger partial charge in [0.2, 0.25) is 5.91 Å². The third kappa shape index (κ3) is 3.81. The Morgan fingerprint density at radius 3 is 2.39 bits per heavy atom. The smallest absolute Gasteiger partial charge is 0.291 e. The van der Waals surface area contributed by atoms with Gasteiger partial charge in [-0.3, -0.25) is 9.59 Å². The summed E-state index contributed by atoms with van der Waals surface area (Å²) in [5, 5.41) is 6.52. The predicted molar refractivity (Wildman–Crippen MR) is 106 cm³/mol. The van der Waals surface area contributed by atoms with E-state index in [1.807, 2.05) is 25.1 Å². The number of carbonyl (C=O) groups excluding carboxylic acids is 2. The Kier molecular flexibility index (Phi) is 4.68. The van der Waals surface area contributed by atoms with Crippen molar-refractivity contribution in [3.05, 3.63) is 84.0 Å². The molecule has 0 aliphatic rings. The van der Waals surface area contributed by atoms with Crippen molar-refractivity contribution in [3.63, 3.8) is 0 Å². The van der Waals surface area contributed by atoms with Crippen molar-refractivity contribution < 1.29 is 18.4 Å². The highest BCUT2D eigenvalue weighted by Gasteiger charge is 2.12. The molecule has 28 heavy (non-hydrogen) atoms. The Labute approximate surface area is 161 Å². The Hall–Kier alpha value is -3.80. The zero-order chi connectivity index (χ0) is 19.5. The number of benzene rings is 2. The van der Waals surface area contributed by atoms with Gasteiger partial charge in [-0.05, 0) is 55.0 Å². The van der Waals surface area contributed by atoms with Crippen molar-refractivity contribution in [1.82, 2.24) is 0 Å². The van der Waals surface area contributed by atoms with Crippen LogP contribution in [0.3, 0.4) is 0 Å². The summed E-state index contributed by atoms with van der Waals surface area (Å²) in [7, 11) is 0. The summed E-state index contributed by atoms with van der Waals surface area (Å²) in [5.41, 5.74) is 3.98.